The maximum absolute atomic E-state index is 12.7. The summed E-state index contributed by atoms with van der Waals surface area (Å²) in [6.45, 7) is 7.50. The monoisotopic (exact) mass is 382 g/mol. The van der Waals surface area contributed by atoms with Gasteiger partial charge < -0.3 is 14.6 Å². The average Bonchev–Trinajstić information content (AvgIpc) is 3.15. The highest BCUT2D eigenvalue weighted by Crippen LogP contribution is 2.52. The number of H-pyrrole nitrogens is 1. The number of nitrogens with zero attached hydrogens (tertiary/aromatic N) is 1. The van der Waals surface area contributed by atoms with Crippen molar-refractivity contribution < 1.29 is 14.3 Å². The molecule has 2 bridgehead atoms. The van der Waals surface area contributed by atoms with Gasteiger partial charge in [0.05, 0.1) is 0 Å². The fourth-order valence-electron chi connectivity index (χ4n) is 5.62. The number of aromatic amines is 1. The fraction of sp³-hybridized carbons (Fsp3) is 0.565. The Hall–Kier alpha value is -2.30. The smallest absolute Gasteiger partial charge is 0.306 e. The van der Waals surface area contributed by atoms with Crippen LogP contribution in [0.2, 0.25) is 0 Å². The Bertz CT molecular complexity index is 900. The summed E-state index contributed by atoms with van der Waals surface area (Å²) in [5.74, 6) is -0.362. The minimum Gasteiger partial charge on any atom is -0.456 e. The molecule has 150 valence electrons. The molecule has 0 unspecified atom stereocenters. The molecule has 1 aliphatic carbocycles. The van der Waals surface area contributed by atoms with Gasteiger partial charge in [0.25, 0.3) is 5.91 Å². The lowest BCUT2D eigenvalue weighted by Gasteiger charge is -2.39. The van der Waals surface area contributed by atoms with E-state index in [4.69, 9.17) is 4.74 Å². The zero-order valence-corrected chi connectivity index (χ0v) is 17.1. The van der Waals surface area contributed by atoms with Gasteiger partial charge in [-0.3, -0.25) is 9.59 Å². The lowest BCUT2D eigenvalue weighted by molar-refractivity contribution is -0.152. The van der Waals surface area contributed by atoms with E-state index in [0.717, 1.165) is 42.3 Å². The number of amides is 1. The summed E-state index contributed by atoms with van der Waals surface area (Å²) in [5.41, 5.74) is 2.63. The lowest BCUT2D eigenvalue weighted by atomic mass is 9.65. The van der Waals surface area contributed by atoms with Gasteiger partial charge in [-0.05, 0) is 48.1 Å². The molecule has 1 N–H and O–H groups in total. The van der Waals surface area contributed by atoms with Crippen molar-refractivity contribution in [3.63, 3.8) is 0 Å². The minimum absolute atomic E-state index is 0.0492. The van der Waals surface area contributed by atoms with Gasteiger partial charge in [0.15, 0.2) is 6.61 Å². The van der Waals surface area contributed by atoms with Crippen molar-refractivity contribution in [2.24, 2.45) is 10.8 Å². The molecule has 28 heavy (non-hydrogen) atoms. The van der Waals surface area contributed by atoms with Crippen LogP contribution in [0.3, 0.4) is 0 Å². The number of rotatable bonds is 5. The molecule has 2 fully saturated rings. The van der Waals surface area contributed by atoms with Crippen molar-refractivity contribution in [1.29, 1.82) is 0 Å². The van der Waals surface area contributed by atoms with Gasteiger partial charge in [-0.1, -0.05) is 39.0 Å². The summed E-state index contributed by atoms with van der Waals surface area (Å²) < 4.78 is 5.32. The highest BCUT2D eigenvalue weighted by molar-refractivity contribution is 5.84. The van der Waals surface area contributed by atoms with Crippen molar-refractivity contribution in [3.05, 3.63) is 36.0 Å². The number of likely N-dealkylation sites (tertiary alicyclic amines) is 1. The third-order valence-corrected chi connectivity index (χ3v) is 6.37. The van der Waals surface area contributed by atoms with Gasteiger partial charge in [-0.2, -0.15) is 0 Å². The van der Waals surface area contributed by atoms with Crippen molar-refractivity contribution in [2.75, 3.05) is 13.2 Å². The SMILES string of the molecule is CC1(C)C[C@H]2C[C@](C)(CN2C(=O)COC(=O)CCc2c[nH]c3ccccc23)C1. The molecule has 1 saturated heterocycles. The van der Waals surface area contributed by atoms with Crippen LogP contribution < -0.4 is 0 Å². The predicted octanol–water partition coefficient (Wildman–Crippen LogP) is 4.07. The summed E-state index contributed by atoms with van der Waals surface area (Å²) in [4.78, 5) is 30.1. The molecule has 5 nitrogen and oxygen atoms in total. The van der Waals surface area contributed by atoms with Crippen molar-refractivity contribution >= 4 is 22.8 Å². The fourth-order valence-corrected chi connectivity index (χ4v) is 5.62. The second kappa shape index (κ2) is 6.94. The summed E-state index contributed by atoms with van der Waals surface area (Å²) in [6, 6.07) is 8.32. The molecule has 2 aromatic rings. The van der Waals surface area contributed by atoms with E-state index in [2.05, 4.69) is 25.8 Å². The first-order valence-electron chi connectivity index (χ1n) is 10.2. The van der Waals surface area contributed by atoms with Crippen LogP contribution in [0.5, 0.6) is 0 Å². The summed E-state index contributed by atoms with van der Waals surface area (Å²) >= 11 is 0. The van der Waals surface area contributed by atoms with Crippen LogP contribution in [0.4, 0.5) is 0 Å². The standard InChI is InChI=1S/C23H30N2O3/c1-22(2)10-17-11-23(3,14-22)15-25(17)20(26)13-28-21(27)9-8-16-12-24-19-7-5-4-6-18(16)19/h4-7,12,17,24H,8-11,13-15H2,1-3H3/t17-,23-/m0/s1. The molecule has 2 atom stereocenters. The molecule has 2 heterocycles. The highest BCUT2D eigenvalue weighted by Gasteiger charge is 2.50. The average molecular weight is 383 g/mol. The molecule has 2 aliphatic rings. The predicted molar refractivity (Wildman–Crippen MR) is 109 cm³/mol. The Kier molecular flexibility index (Phi) is 4.72. The van der Waals surface area contributed by atoms with Crippen LogP contribution in [0.15, 0.2) is 30.5 Å². The van der Waals surface area contributed by atoms with Crippen molar-refractivity contribution in [1.82, 2.24) is 9.88 Å². The number of carbonyl (C=O) groups excluding carboxylic acids is 2. The molecule has 1 aliphatic heterocycles. The van der Waals surface area contributed by atoms with E-state index < -0.39 is 0 Å². The second-order valence-electron chi connectivity index (χ2n) is 9.76. The molecule has 1 saturated carbocycles. The Morgan fingerprint density at radius 1 is 1.21 bits per heavy atom. The number of nitrogens with one attached hydrogen (secondary N) is 1. The van der Waals surface area contributed by atoms with Crippen LogP contribution in [0.1, 0.15) is 52.0 Å². The number of aryl methyl sites for hydroxylation is 1. The lowest BCUT2D eigenvalue weighted by Crippen LogP contribution is -2.39. The first kappa shape index (κ1) is 19.0. The van der Waals surface area contributed by atoms with E-state index in [1.165, 1.54) is 0 Å². The van der Waals surface area contributed by atoms with Gasteiger partial charge in [0.1, 0.15) is 0 Å². The second-order valence-corrected chi connectivity index (χ2v) is 9.76. The number of aromatic nitrogens is 1. The first-order valence-corrected chi connectivity index (χ1v) is 10.2. The van der Waals surface area contributed by atoms with E-state index in [1.54, 1.807) is 0 Å². The first-order chi connectivity index (χ1) is 13.2. The van der Waals surface area contributed by atoms with Crippen LogP contribution in [-0.4, -0.2) is 41.0 Å². The van der Waals surface area contributed by atoms with E-state index >= 15 is 0 Å². The Labute approximate surface area is 166 Å². The molecule has 0 spiro atoms. The number of carbonyl (C=O) groups is 2. The Balaban J connectivity index is 1.29. The normalized spacial score (nSPS) is 25.8. The molecule has 1 amide bonds. The molecular formula is C23H30N2O3. The number of hydrogen-bond donors (Lipinski definition) is 1. The number of esters is 1. The van der Waals surface area contributed by atoms with E-state index in [9.17, 15) is 9.59 Å². The number of benzene rings is 1. The van der Waals surface area contributed by atoms with Crippen LogP contribution in [0.25, 0.3) is 10.9 Å². The Morgan fingerprint density at radius 2 is 2.00 bits per heavy atom. The number of para-hydroxylation sites is 1. The van der Waals surface area contributed by atoms with E-state index in [1.807, 2.05) is 35.4 Å². The number of ether oxygens (including phenoxy) is 1. The van der Waals surface area contributed by atoms with Crippen LogP contribution in [-0.2, 0) is 20.7 Å². The maximum Gasteiger partial charge on any atom is 0.306 e. The van der Waals surface area contributed by atoms with Crippen molar-refractivity contribution in [2.45, 2.75) is 58.9 Å². The van der Waals surface area contributed by atoms with Gasteiger partial charge in [-0.25, -0.2) is 0 Å². The van der Waals surface area contributed by atoms with Crippen LogP contribution >= 0.6 is 0 Å². The van der Waals surface area contributed by atoms with Gasteiger partial charge >= 0.3 is 5.97 Å². The molecule has 1 aromatic heterocycles. The molecule has 1 aromatic carbocycles. The Morgan fingerprint density at radius 3 is 2.82 bits per heavy atom. The topological polar surface area (TPSA) is 62.4 Å². The third kappa shape index (κ3) is 3.80. The number of hydrogen-bond acceptors (Lipinski definition) is 3. The third-order valence-electron chi connectivity index (χ3n) is 6.37. The van der Waals surface area contributed by atoms with Crippen molar-refractivity contribution in [3.8, 4) is 0 Å². The zero-order chi connectivity index (χ0) is 19.9. The number of fused-ring (bicyclic) bond motifs is 3. The van der Waals surface area contributed by atoms with Gasteiger partial charge in [-0.15, -0.1) is 0 Å². The highest BCUT2D eigenvalue weighted by atomic mass is 16.5. The molecular weight excluding hydrogens is 352 g/mol. The minimum atomic E-state index is -0.313. The maximum atomic E-state index is 12.7. The van der Waals surface area contributed by atoms with E-state index in [-0.39, 0.29) is 41.8 Å². The summed E-state index contributed by atoms with van der Waals surface area (Å²) in [6.07, 6.45) is 6.07. The van der Waals surface area contributed by atoms with E-state index in [0.29, 0.717) is 6.42 Å². The van der Waals surface area contributed by atoms with Gasteiger partial charge in [0, 0.05) is 36.1 Å². The van der Waals surface area contributed by atoms with Crippen LogP contribution in [0, 0.1) is 10.8 Å². The molecule has 0 radical (unpaired) electrons. The van der Waals surface area contributed by atoms with Gasteiger partial charge in [0.2, 0.25) is 0 Å². The molecule has 5 heteroatoms. The largest absolute Gasteiger partial charge is 0.456 e. The zero-order valence-electron chi connectivity index (χ0n) is 17.1. The quantitative estimate of drug-likeness (QED) is 0.793. The summed E-state index contributed by atoms with van der Waals surface area (Å²) in [7, 11) is 0. The molecule has 4 rings (SSSR count). The summed E-state index contributed by atoms with van der Waals surface area (Å²) in [5, 5.41) is 1.13.